The molecule has 0 spiro atoms. The van der Waals surface area contributed by atoms with Gasteiger partial charge in [-0.2, -0.15) is 18.3 Å². The maximum atomic E-state index is 13.5. The number of halogens is 3. The molecule has 0 N–H and O–H groups in total. The Kier molecular flexibility index (Phi) is 6.31. The second-order valence-electron chi connectivity index (χ2n) is 7.62. The van der Waals surface area contributed by atoms with Gasteiger partial charge in [0.25, 0.3) is 0 Å². The summed E-state index contributed by atoms with van der Waals surface area (Å²) < 4.78 is 47.6. The Morgan fingerprint density at radius 2 is 1.90 bits per heavy atom. The van der Waals surface area contributed by atoms with Crippen molar-refractivity contribution in [2.24, 2.45) is 18.9 Å². The van der Waals surface area contributed by atoms with Crippen LogP contribution < -0.4 is 0 Å². The van der Waals surface area contributed by atoms with E-state index < -0.39 is 24.0 Å². The molecule has 8 heteroatoms. The molecule has 1 saturated heterocycles. The average Bonchev–Trinajstić information content (AvgIpc) is 3.18. The van der Waals surface area contributed by atoms with E-state index in [-0.39, 0.29) is 19.7 Å². The van der Waals surface area contributed by atoms with E-state index in [1.807, 2.05) is 51.2 Å². The number of esters is 1. The zero-order valence-electron chi connectivity index (χ0n) is 16.9. The molecule has 5 nitrogen and oxygen atoms in total. The van der Waals surface area contributed by atoms with E-state index in [2.05, 4.69) is 5.10 Å². The van der Waals surface area contributed by atoms with E-state index in [0.717, 1.165) is 22.5 Å². The molecule has 1 fully saturated rings. The Bertz CT molecular complexity index is 849. The molecule has 3 rings (SSSR count). The second kappa shape index (κ2) is 8.57. The third kappa shape index (κ3) is 4.98. The molecule has 1 aromatic heterocycles. The number of nitrogens with zero attached hydrogens (tertiary/aromatic N) is 3. The van der Waals surface area contributed by atoms with Crippen LogP contribution in [0.2, 0.25) is 0 Å². The summed E-state index contributed by atoms with van der Waals surface area (Å²) in [7, 11) is 1.83. The van der Waals surface area contributed by atoms with Crippen LogP contribution in [-0.2, 0) is 29.5 Å². The predicted octanol–water partition coefficient (Wildman–Crippen LogP) is 3.43. The van der Waals surface area contributed by atoms with Gasteiger partial charge in [0.1, 0.15) is 0 Å². The lowest BCUT2D eigenvalue weighted by atomic mass is 9.96. The fourth-order valence-corrected chi connectivity index (χ4v) is 3.97. The summed E-state index contributed by atoms with van der Waals surface area (Å²) in [6.45, 7) is 4.05. The third-order valence-corrected chi connectivity index (χ3v) is 5.62. The van der Waals surface area contributed by atoms with Gasteiger partial charge in [0.05, 0.1) is 24.1 Å². The van der Waals surface area contributed by atoms with Crippen molar-refractivity contribution in [1.29, 1.82) is 0 Å². The van der Waals surface area contributed by atoms with Crippen molar-refractivity contribution in [1.82, 2.24) is 14.7 Å². The number of rotatable bonds is 6. The van der Waals surface area contributed by atoms with Crippen LogP contribution in [0.1, 0.15) is 22.5 Å². The lowest BCUT2D eigenvalue weighted by Crippen LogP contribution is -2.35. The number of alkyl halides is 3. The van der Waals surface area contributed by atoms with Crippen LogP contribution in [0.3, 0.4) is 0 Å². The molecule has 2 atom stereocenters. The lowest BCUT2D eigenvalue weighted by Gasteiger charge is -2.20. The van der Waals surface area contributed by atoms with E-state index >= 15 is 0 Å². The number of aromatic nitrogens is 2. The molecule has 0 radical (unpaired) electrons. The van der Waals surface area contributed by atoms with Crippen molar-refractivity contribution in [2.75, 3.05) is 19.7 Å². The van der Waals surface area contributed by atoms with Gasteiger partial charge in [-0.3, -0.25) is 14.4 Å². The van der Waals surface area contributed by atoms with Gasteiger partial charge in [0.15, 0.2) is 0 Å². The molecule has 29 heavy (non-hydrogen) atoms. The van der Waals surface area contributed by atoms with E-state index in [0.29, 0.717) is 13.0 Å². The summed E-state index contributed by atoms with van der Waals surface area (Å²) in [5.41, 5.74) is 3.68. The van der Waals surface area contributed by atoms with Crippen LogP contribution in [0.4, 0.5) is 13.2 Å². The van der Waals surface area contributed by atoms with E-state index in [1.165, 1.54) is 0 Å². The third-order valence-electron chi connectivity index (χ3n) is 5.62. The summed E-state index contributed by atoms with van der Waals surface area (Å²) in [5.74, 6) is -3.68. The van der Waals surface area contributed by atoms with Crippen molar-refractivity contribution >= 4 is 5.97 Å². The van der Waals surface area contributed by atoms with Crippen molar-refractivity contribution in [3.63, 3.8) is 0 Å². The largest absolute Gasteiger partial charge is 0.465 e. The highest BCUT2D eigenvalue weighted by molar-refractivity contribution is 5.73. The van der Waals surface area contributed by atoms with Gasteiger partial charge in [-0.25, -0.2) is 0 Å². The number of benzene rings is 1. The summed E-state index contributed by atoms with van der Waals surface area (Å²) in [6, 6.07) is 9.29. The van der Waals surface area contributed by atoms with Crippen LogP contribution in [-0.4, -0.2) is 46.5 Å². The molecule has 0 bridgehead atoms. The number of carbonyl (C=O) groups excluding carboxylic acids is 1. The minimum absolute atomic E-state index is 0.0445. The molecule has 0 amide bonds. The number of hydrogen-bond donors (Lipinski definition) is 0. The first-order valence-electron chi connectivity index (χ1n) is 9.65. The number of likely N-dealkylation sites (tertiary alicyclic amines) is 1. The molecule has 1 aliphatic rings. The lowest BCUT2D eigenvalue weighted by molar-refractivity contribution is -0.190. The zero-order chi connectivity index (χ0) is 21.2. The molecule has 2 aromatic rings. The molecule has 0 saturated carbocycles. The highest BCUT2D eigenvalue weighted by atomic mass is 19.4. The van der Waals surface area contributed by atoms with Gasteiger partial charge in [-0.05, 0) is 25.0 Å². The van der Waals surface area contributed by atoms with Gasteiger partial charge in [-0.1, -0.05) is 30.3 Å². The smallest absolute Gasteiger partial charge is 0.393 e. The first-order valence-corrected chi connectivity index (χ1v) is 9.65. The Balaban J connectivity index is 1.62. The van der Waals surface area contributed by atoms with Crippen molar-refractivity contribution in [2.45, 2.75) is 33.0 Å². The van der Waals surface area contributed by atoms with Gasteiger partial charge in [-0.15, -0.1) is 0 Å². The Morgan fingerprint density at radius 1 is 1.21 bits per heavy atom. The van der Waals surface area contributed by atoms with Crippen LogP contribution in [0.15, 0.2) is 30.3 Å². The minimum Gasteiger partial charge on any atom is -0.465 e. The van der Waals surface area contributed by atoms with Crippen molar-refractivity contribution in [3.8, 4) is 0 Å². The van der Waals surface area contributed by atoms with E-state index in [1.54, 1.807) is 9.58 Å². The molecule has 1 aromatic carbocycles. The van der Waals surface area contributed by atoms with Gasteiger partial charge in [0.2, 0.25) is 0 Å². The molecule has 158 valence electrons. The van der Waals surface area contributed by atoms with Gasteiger partial charge < -0.3 is 4.74 Å². The summed E-state index contributed by atoms with van der Waals surface area (Å²) >= 11 is 0. The highest BCUT2D eigenvalue weighted by Gasteiger charge is 2.52. The van der Waals surface area contributed by atoms with Gasteiger partial charge >= 0.3 is 12.1 Å². The number of aryl methyl sites for hydroxylation is 2. The number of ether oxygens (including phenoxy) is 1. The summed E-state index contributed by atoms with van der Waals surface area (Å²) in [4.78, 5) is 14.2. The average molecular weight is 409 g/mol. The quantitative estimate of drug-likeness (QED) is 0.686. The number of hydrogen-bond acceptors (Lipinski definition) is 4. The Labute approximate surface area is 168 Å². The highest BCUT2D eigenvalue weighted by Crippen LogP contribution is 2.38. The normalized spacial score (nSPS) is 20.2. The van der Waals surface area contributed by atoms with Crippen LogP contribution in [0.5, 0.6) is 0 Å². The topological polar surface area (TPSA) is 47.4 Å². The Morgan fingerprint density at radius 3 is 2.48 bits per heavy atom. The fourth-order valence-electron chi connectivity index (χ4n) is 3.97. The van der Waals surface area contributed by atoms with Gasteiger partial charge in [0, 0.05) is 38.8 Å². The molecular formula is C21H26F3N3O2. The SMILES string of the molecule is Cc1nn(C)c(C)c1CCOC(=O)[C@@H]1CN(Cc2ccccc2)C[C@H]1C(F)(F)F. The van der Waals surface area contributed by atoms with E-state index in [9.17, 15) is 18.0 Å². The van der Waals surface area contributed by atoms with Crippen molar-refractivity contribution < 1.29 is 22.7 Å². The monoisotopic (exact) mass is 409 g/mol. The standard InChI is InChI=1S/C21H26F3N3O2/c1-14-17(15(2)26(3)25-14)9-10-29-20(28)18-12-27(13-19(18)21(22,23)24)11-16-7-5-4-6-8-16/h4-8,18-19H,9-13H2,1-3H3/t18-,19-/m1/s1. The fraction of sp³-hybridized carbons (Fsp3) is 0.524. The molecular weight excluding hydrogens is 383 g/mol. The molecule has 2 heterocycles. The van der Waals surface area contributed by atoms with Crippen molar-refractivity contribution in [3.05, 3.63) is 52.8 Å². The van der Waals surface area contributed by atoms with Crippen LogP contribution in [0, 0.1) is 25.7 Å². The maximum absolute atomic E-state index is 13.5. The second-order valence-corrected chi connectivity index (χ2v) is 7.62. The Hall–Kier alpha value is -2.35. The minimum atomic E-state index is -4.44. The summed E-state index contributed by atoms with van der Waals surface area (Å²) in [5, 5.41) is 4.30. The summed E-state index contributed by atoms with van der Waals surface area (Å²) in [6.07, 6.45) is -4.00. The van der Waals surface area contributed by atoms with Crippen LogP contribution >= 0.6 is 0 Å². The van der Waals surface area contributed by atoms with E-state index in [4.69, 9.17) is 4.74 Å². The molecule has 0 unspecified atom stereocenters. The number of carbonyl (C=O) groups is 1. The first kappa shape index (κ1) is 21.4. The zero-order valence-corrected chi connectivity index (χ0v) is 16.9. The maximum Gasteiger partial charge on any atom is 0.393 e. The molecule has 1 aliphatic heterocycles. The van der Waals surface area contributed by atoms with Crippen LogP contribution in [0.25, 0.3) is 0 Å². The molecule has 0 aliphatic carbocycles. The first-order chi connectivity index (χ1) is 13.7. The predicted molar refractivity (Wildman–Crippen MR) is 102 cm³/mol.